The van der Waals surface area contributed by atoms with Crippen molar-refractivity contribution in [3.63, 3.8) is 0 Å². The topological polar surface area (TPSA) is 55.1 Å². The molecule has 0 aliphatic heterocycles. The number of nitrogens with one attached hydrogen (secondary N) is 1. The van der Waals surface area contributed by atoms with E-state index in [0.29, 0.717) is 24.3 Å². The Hall–Kier alpha value is -0.570. The molecule has 1 amide bonds. The highest BCUT2D eigenvalue weighted by Gasteiger charge is 2.28. The van der Waals surface area contributed by atoms with E-state index in [1.807, 2.05) is 0 Å². The smallest absolute Gasteiger partial charge is 0.220 e. The lowest BCUT2D eigenvalue weighted by Gasteiger charge is -2.32. The van der Waals surface area contributed by atoms with Crippen molar-refractivity contribution in [3.05, 3.63) is 0 Å². The number of rotatable bonds is 5. The maximum absolute atomic E-state index is 12.2. The SMILES string of the molecule is CC(NC(=O)C[C@@H]1CCC[C@H]1N)C(C)C1CCCCC1. The normalized spacial score (nSPS) is 30.9. The molecular formula is C17H32N2O. The Bertz CT molecular complexity index is 312. The van der Waals surface area contributed by atoms with E-state index in [1.54, 1.807) is 0 Å². The van der Waals surface area contributed by atoms with Gasteiger partial charge in [-0.1, -0.05) is 45.4 Å². The van der Waals surface area contributed by atoms with Crippen molar-refractivity contribution >= 4 is 5.91 Å². The summed E-state index contributed by atoms with van der Waals surface area (Å²) in [6.45, 7) is 4.48. The molecule has 0 aromatic carbocycles. The van der Waals surface area contributed by atoms with Crippen LogP contribution < -0.4 is 11.1 Å². The highest BCUT2D eigenvalue weighted by atomic mass is 16.1. The number of amides is 1. The van der Waals surface area contributed by atoms with Gasteiger partial charge in [-0.05, 0) is 37.5 Å². The Labute approximate surface area is 124 Å². The molecule has 2 rings (SSSR count). The minimum atomic E-state index is 0.211. The Balaban J connectivity index is 1.74. The molecule has 0 spiro atoms. The van der Waals surface area contributed by atoms with Gasteiger partial charge in [-0.25, -0.2) is 0 Å². The van der Waals surface area contributed by atoms with Gasteiger partial charge in [-0.3, -0.25) is 4.79 Å². The molecule has 0 bridgehead atoms. The van der Waals surface area contributed by atoms with Crippen LogP contribution in [0.15, 0.2) is 0 Å². The fourth-order valence-electron chi connectivity index (χ4n) is 4.07. The van der Waals surface area contributed by atoms with E-state index in [1.165, 1.54) is 38.5 Å². The molecule has 0 aromatic heterocycles. The molecule has 2 unspecified atom stereocenters. The van der Waals surface area contributed by atoms with Gasteiger partial charge in [0.05, 0.1) is 0 Å². The largest absolute Gasteiger partial charge is 0.353 e. The lowest BCUT2D eigenvalue weighted by Crippen LogP contribution is -2.41. The summed E-state index contributed by atoms with van der Waals surface area (Å²) in [5.74, 6) is 2.01. The fraction of sp³-hybridized carbons (Fsp3) is 0.941. The second kappa shape index (κ2) is 7.44. The molecule has 2 aliphatic carbocycles. The van der Waals surface area contributed by atoms with Gasteiger partial charge in [-0.2, -0.15) is 0 Å². The van der Waals surface area contributed by atoms with Crippen LogP contribution in [0, 0.1) is 17.8 Å². The summed E-state index contributed by atoms with van der Waals surface area (Å²) in [7, 11) is 0. The second-order valence-electron chi connectivity index (χ2n) is 7.17. The molecule has 2 fully saturated rings. The zero-order chi connectivity index (χ0) is 14.5. The average Bonchev–Trinajstić information content (AvgIpc) is 2.84. The van der Waals surface area contributed by atoms with Crippen LogP contribution in [-0.4, -0.2) is 18.0 Å². The van der Waals surface area contributed by atoms with Crippen LogP contribution >= 0.6 is 0 Å². The summed E-state index contributed by atoms with van der Waals surface area (Å²) < 4.78 is 0. The zero-order valence-corrected chi connectivity index (χ0v) is 13.2. The van der Waals surface area contributed by atoms with Crippen molar-refractivity contribution < 1.29 is 4.79 Å². The van der Waals surface area contributed by atoms with Crippen LogP contribution in [0.25, 0.3) is 0 Å². The van der Waals surface area contributed by atoms with Crippen molar-refractivity contribution in [2.24, 2.45) is 23.5 Å². The molecule has 116 valence electrons. The summed E-state index contributed by atoms with van der Waals surface area (Å²) >= 11 is 0. The van der Waals surface area contributed by atoms with E-state index in [4.69, 9.17) is 5.73 Å². The van der Waals surface area contributed by atoms with Crippen LogP contribution in [0.2, 0.25) is 0 Å². The van der Waals surface area contributed by atoms with Crippen LogP contribution in [0.3, 0.4) is 0 Å². The van der Waals surface area contributed by atoms with Crippen molar-refractivity contribution in [1.82, 2.24) is 5.32 Å². The summed E-state index contributed by atoms with van der Waals surface area (Å²) in [6, 6.07) is 0.537. The van der Waals surface area contributed by atoms with Crippen LogP contribution in [-0.2, 0) is 4.79 Å². The van der Waals surface area contributed by atoms with Crippen molar-refractivity contribution in [3.8, 4) is 0 Å². The molecule has 0 aromatic rings. The average molecular weight is 280 g/mol. The van der Waals surface area contributed by atoms with E-state index < -0.39 is 0 Å². The maximum atomic E-state index is 12.2. The van der Waals surface area contributed by atoms with Crippen molar-refractivity contribution in [1.29, 1.82) is 0 Å². The summed E-state index contributed by atoms with van der Waals surface area (Å²) in [5.41, 5.74) is 6.05. The van der Waals surface area contributed by atoms with Gasteiger partial charge in [0.2, 0.25) is 5.91 Å². The third kappa shape index (κ3) is 4.21. The Morgan fingerprint density at radius 1 is 1.10 bits per heavy atom. The first-order valence-electron chi connectivity index (χ1n) is 8.63. The predicted molar refractivity (Wildman–Crippen MR) is 83.3 cm³/mol. The molecule has 4 atom stereocenters. The van der Waals surface area contributed by atoms with E-state index in [9.17, 15) is 4.79 Å². The van der Waals surface area contributed by atoms with Crippen LogP contribution in [0.4, 0.5) is 0 Å². The van der Waals surface area contributed by atoms with E-state index in [0.717, 1.165) is 18.8 Å². The lowest BCUT2D eigenvalue weighted by molar-refractivity contribution is -0.123. The van der Waals surface area contributed by atoms with E-state index >= 15 is 0 Å². The highest BCUT2D eigenvalue weighted by molar-refractivity contribution is 5.76. The van der Waals surface area contributed by atoms with Crippen molar-refractivity contribution in [2.75, 3.05) is 0 Å². The summed E-state index contributed by atoms with van der Waals surface area (Å²) in [4.78, 5) is 12.2. The van der Waals surface area contributed by atoms with E-state index in [2.05, 4.69) is 19.2 Å². The molecule has 2 aliphatic rings. The number of nitrogens with two attached hydrogens (primary N) is 1. The fourth-order valence-corrected chi connectivity index (χ4v) is 4.07. The Morgan fingerprint density at radius 3 is 2.40 bits per heavy atom. The Kier molecular flexibility index (Phi) is 5.88. The molecule has 3 heteroatoms. The molecule has 0 saturated heterocycles. The van der Waals surface area contributed by atoms with Gasteiger partial charge >= 0.3 is 0 Å². The third-order valence-electron chi connectivity index (χ3n) is 5.74. The first-order valence-corrected chi connectivity index (χ1v) is 8.63. The van der Waals surface area contributed by atoms with Gasteiger partial charge in [0, 0.05) is 18.5 Å². The number of carbonyl (C=O) groups is 1. The summed E-state index contributed by atoms with van der Waals surface area (Å²) in [5, 5.41) is 3.23. The number of hydrogen-bond donors (Lipinski definition) is 2. The maximum Gasteiger partial charge on any atom is 0.220 e. The molecule has 2 saturated carbocycles. The van der Waals surface area contributed by atoms with Gasteiger partial charge in [0.15, 0.2) is 0 Å². The third-order valence-corrected chi connectivity index (χ3v) is 5.74. The second-order valence-corrected chi connectivity index (χ2v) is 7.17. The first kappa shape index (κ1) is 15.8. The minimum absolute atomic E-state index is 0.211. The highest BCUT2D eigenvalue weighted by Crippen LogP contribution is 2.32. The minimum Gasteiger partial charge on any atom is -0.353 e. The predicted octanol–water partition coefficient (Wildman–Crippen LogP) is 3.23. The standard InChI is InChI=1S/C17H32N2O/c1-12(14-7-4-3-5-8-14)13(2)19-17(20)11-15-9-6-10-16(15)18/h12-16H,3-11,18H2,1-2H3,(H,19,20)/t12?,13?,15-,16+/m0/s1. The lowest BCUT2D eigenvalue weighted by atomic mass is 9.78. The first-order chi connectivity index (χ1) is 9.58. The Morgan fingerprint density at radius 2 is 1.80 bits per heavy atom. The molecule has 0 radical (unpaired) electrons. The van der Waals surface area contributed by atoms with Crippen LogP contribution in [0.5, 0.6) is 0 Å². The van der Waals surface area contributed by atoms with Gasteiger partial charge < -0.3 is 11.1 Å². The van der Waals surface area contributed by atoms with Gasteiger partial charge in [0.1, 0.15) is 0 Å². The molecule has 20 heavy (non-hydrogen) atoms. The molecule has 0 heterocycles. The van der Waals surface area contributed by atoms with Crippen molar-refractivity contribution in [2.45, 2.75) is 83.7 Å². The van der Waals surface area contributed by atoms with Gasteiger partial charge in [-0.15, -0.1) is 0 Å². The number of carbonyl (C=O) groups excluding carboxylic acids is 1. The number of hydrogen-bond acceptors (Lipinski definition) is 2. The van der Waals surface area contributed by atoms with Gasteiger partial charge in [0.25, 0.3) is 0 Å². The quantitative estimate of drug-likeness (QED) is 0.812. The van der Waals surface area contributed by atoms with E-state index in [-0.39, 0.29) is 11.9 Å². The monoisotopic (exact) mass is 280 g/mol. The summed E-state index contributed by atoms with van der Waals surface area (Å²) in [6.07, 6.45) is 10.8. The van der Waals surface area contributed by atoms with Crippen LogP contribution in [0.1, 0.15) is 71.6 Å². The molecule has 3 N–H and O–H groups in total. The molecular weight excluding hydrogens is 248 g/mol. The zero-order valence-electron chi connectivity index (χ0n) is 13.2. The molecule has 3 nitrogen and oxygen atoms in total.